The normalized spacial score (nSPS) is 16.5. The monoisotopic (exact) mass is 307 g/mol. The van der Waals surface area contributed by atoms with Crippen LogP contribution in [-0.2, 0) is 6.54 Å². The molecule has 4 heteroatoms. The van der Waals surface area contributed by atoms with Crippen LogP contribution in [0.4, 0.5) is 0 Å². The van der Waals surface area contributed by atoms with Gasteiger partial charge in [-0.25, -0.2) is 0 Å². The molecule has 0 atom stereocenters. The van der Waals surface area contributed by atoms with Gasteiger partial charge in [0.15, 0.2) is 0 Å². The molecule has 2 heterocycles. The molecule has 0 aliphatic carbocycles. The highest BCUT2D eigenvalue weighted by molar-refractivity contribution is 5.26. The van der Waals surface area contributed by atoms with Crippen LogP contribution in [0.2, 0.25) is 0 Å². The molecule has 0 aromatic carbocycles. The van der Waals surface area contributed by atoms with Crippen molar-refractivity contribution >= 4 is 0 Å². The second-order valence-electron chi connectivity index (χ2n) is 6.03. The summed E-state index contributed by atoms with van der Waals surface area (Å²) in [6.45, 7) is 16.9. The molecule has 1 aromatic rings. The molecule has 1 aliphatic heterocycles. The average Bonchev–Trinajstić information content (AvgIpc) is 2.53. The van der Waals surface area contributed by atoms with Gasteiger partial charge in [0.25, 0.3) is 0 Å². The van der Waals surface area contributed by atoms with Crippen LogP contribution in [0, 0.1) is 6.92 Å². The van der Waals surface area contributed by atoms with Crippen molar-refractivity contribution < 1.29 is 5.11 Å². The third-order valence-electron chi connectivity index (χ3n) is 4.11. The Bertz CT molecular complexity index is 426. The number of aryl methyl sites for hydroxylation is 1. The molecule has 0 unspecified atom stereocenters. The Balaban J connectivity index is 0.00000116. The zero-order valence-corrected chi connectivity index (χ0v) is 15.0. The van der Waals surface area contributed by atoms with Gasteiger partial charge < -0.3 is 5.11 Å². The summed E-state index contributed by atoms with van der Waals surface area (Å²) < 4.78 is 0. The summed E-state index contributed by atoms with van der Waals surface area (Å²) in [5.41, 5.74) is 3.87. The van der Waals surface area contributed by atoms with E-state index >= 15 is 0 Å². The van der Waals surface area contributed by atoms with Crippen molar-refractivity contribution in [2.75, 3.05) is 39.3 Å². The van der Waals surface area contributed by atoms with E-state index in [9.17, 15) is 0 Å². The van der Waals surface area contributed by atoms with Gasteiger partial charge in [-0.15, -0.1) is 0 Å². The van der Waals surface area contributed by atoms with E-state index in [0.717, 1.165) is 39.3 Å². The second-order valence-corrected chi connectivity index (χ2v) is 6.03. The van der Waals surface area contributed by atoms with Gasteiger partial charge in [-0.1, -0.05) is 27.7 Å². The van der Waals surface area contributed by atoms with Gasteiger partial charge in [-0.2, -0.15) is 0 Å². The molecule has 1 aliphatic rings. The van der Waals surface area contributed by atoms with Crippen LogP contribution >= 0.6 is 0 Å². The van der Waals surface area contributed by atoms with Gasteiger partial charge in [-0.05, 0) is 30.0 Å². The van der Waals surface area contributed by atoms with Crippen molar-refractivity contribution in [1.82, 2.24) is 14.8 Å². The maximum Gasteiger partial charge on any atom is 0.0558 e. The highest BCUT2D eigenvalue weighted by Crippen LogP contribution is 2.17. The predicted octanol–water partition coefficient (Wildman–Crippen LogP) is 2.65. The van der Waals surface area contributed by atoms with Gasteiger partial charge >= 0.3 is 0 Å². The molecule has 22 heavy (non-hydrogen) atoms. The van der Waals surface area contributed by atoms with Crippen molar-refractivity contribution in [2.24, 2.45) is 0 Å². The number of aliphatic hydroxyl groups is 1. The number of rotatable bonds is 5. The van der Waals surface area contributed by atoms with Crippen molar-refractivity contribution in [3.63, 3.8) is 0 Å². The molecular formula is C18H33N3O. The first kappa shape index (κ1) is 19.1. The number of aliphatic hydroxyl groups excluding tert-OH is 1. The minimum absolute atomic E-state index is 0.264. The molecule has 1 saturated heterocycles. The number of aromatic nitrogens is 1. The molecule has 0 amide bonds. The van der Waals surface area contributed by atoms with Crippen LogP contribution in [0.5, 0.6) is 0 Å². The lowest BCUT2D eigenvalue weighted by Crippen LogP contribution is -2.46. The third kappa shape index (κ3) is 5.67. The fourth-order valence-electron chi connectivity index (χ4n) is 2.64. The Hall–Kier alpha value is -0.970. The summed E-state index contributed by atoms with van der Waals surface area (Å²) in [4.78, 5) is 9.38. The summed E-state index contributed by atoms with van der Waals surface area (Å²) in [5.74, 6) is 0.491. The van der Waals surface area contributed by atoms with Gasteiger partial charge in [0.1, 0.15) is 0 Å². The van der Waals surface area contributed by atoms with E-state index in [4.69, 9.17) is 5.11 Å². The van der Waals surface area contributed by atoms with Crippen molar-refractivity contribution in [2.45, 2.75) is 47.1 Å². The minimum atomic E-state index is 0.264. The highest BCUT2D eigenvalue weighted by atomic mass is 16.3. The zero-order chi connectivity index (χ0) is 16.5. The van der Waals surface area contributed by atoms with Gasteiger partial charge in [0, 0.05) is 51.2 Å². The van der Waals surface area contributed by atoms with Crippen molar-refractivity contribution in [3.05, 3.63) is 29.1 Å². The van der Waals surface area contributed by atoms with Crippen LogP contribution in [0.3, 0.4) is 0 Å². The lowest BCUT2D eigenvalue weighted by molar-refractivity contribution is 0.108. The molecule has 1 aromatic heterocycles. The number of nitrogens with zero attached hydrogens (tertiary/aromatic N) is 3. The molecule has 1 N–H and O–H groups in total. The van der Waals surface area contributed by atoms with Crippen LogP contribution in [0.15, 0.2) is 12.3 Å². The van der Waals surface area contributed by atoms with E-state index in [0.29, 0.717) is 5.92 Å². The first-order chi connectivity index (χ1) is 10.6. The predicted molar refractivity (Wildman–Crippen MR) is 93.2 cm³/mol. The second kappa shape index (κ2) is 9.93. The van der Waals surface area contributed by atoms with Crippen LogP contribution in [0.1, 0.15) is 50.4 Å². The molecule has 4 nitrogen and oxygen atoms in total. The summed E-state index contributed by atoms with van der Waals surface area (Å²) in [5, 5.41) is 8.96. The maximum absolute atomic E-state index is 8.96. The Labute approximate surface area is 136 Å². The molecule has 126 valence electrons. The van der Waals surface area contributed by atoms with Crippen LogP contribution in [-0.4, -0.2) is 59.2 Å². The largest absolute Gasteiger partial charge is 0.395 e. The smallest absolute Gasteiger partial charge is 0.0558 e. The SMILES string of the molecule is CC.Cc1cc(C(C)C)ncc1CN1CCN(CCO)CC1. The lowest BCUT2D eigenvalue weighted by Gasteiger charge is -2.34. The fourth-order valence-corrected chi connectivity index (χ4v) is 2.64. The Morgan fingerprint density at radius 2 is 1.73 bits per heavy atom. The molecule has 1 fully saturated rings. The van der Waals surface area contributed by atoms with Crippen LogP contribution in [0.25, 0.3) is 0 Å². The Morgan fingerprint density at radius 1 is 1.14 bits per heavy atom. The van der Waals surface area contributed by atoms with E-state index in [1.165, 1.54) is 16.8 Å². The van der Waals surface area contributed by atoms with Gasteiger partial charge in [0.05, 0.1) is 6.61 Å². The number of hydrogen-bond acceptors (Lipinski definition) is 4. The number of β-amino-alcohol motifs (C(OH)–C–C–N with tert-alkyl or cyclic N) is 1. The van der Waals surface area contributed by atoms with Gasteiger partial charge in [-0.3, -0.25) is 14.8 Å². The summed E-state index contributed by atoms with van der Waals surface area (Å²) >= 11 is 0. The summed E-state index contributed by atoms with van der Waals surface area (Å²) in [7, 11) is 0. The first-order valence-electron chi connectivity index (χ1n) is 8.61. The highest BCUT2D eigenvalue weighted by Gasteiger charge is 2.17. The van der Waals surface area contributed by atoms with E-state index in [2.05, 4.69) is 41.6 Å². The van der Waals surface area contributed by atoms with Crippen molar-refractivity contribution in [1.29, 1.82) is 0 Å². The number of piperazine rings is 1. The van der Waals surface area contributed by atoms with Crippen molar-refractivity contribution in [3.8, 4) is 0 Å². The maximum atomic E-state index is 8.96. The topological polar surface area (TPSA) is 39.6 Å². The minimum Gasteiger partial charge on any atom is -0.395 e. The molecule has 0 saturated carbocycles. The number of pyridine rings is 1. The fraction of sp³-hybridized carbons (Fsp3) is 0.722. The van der Waals surface area contributed by atoms with Gasteiger partial charge in [0.2, 0.25) is 0 Å². The Kier molecular flexibility index (Phi) is 8.61. The van der Waals surface area contributed by atoms with E-state index in [1.54, 1.807) is 0 Å². The quantitative estimate of drug-likeness (QED) is 0.908. The van der Waals surface area contributed by atoms with Crippen LogP contribution < -0.4 is 0 Å². The lowest BCUT2D eigenvalue weighted by atomic mass is 10.0. The average molecular weight is 307 g/mol. The zero-order valence-electron chi connectivity index (χ0n) is 15.0. The number of hydrogen-bond donors (Lipinski definition) is 1. The van der Waals surface area contributed by atoms with E-state index in [-0.39, 0.29) is 6.61 Å². The molecule has 0 radical (unpaired) electrons. The molecule has 0 spiro atoms. The Morgan fingerprint density at radius 3 is 2.23 bits per heavy atom. The third-order valence-corrected chi connectivity index (χ3v) is 4.11. The molecule has 2 rings (SSSR count). The van der Waals surface area contributed by atoms with E-state index < -0.39 is 0 Å². The summed E-state index contributed by atoms with van der Waals surface area (Å²) in [6, 6.07) is 2.22. The molecule has 0 bridgehead atoms. The summed E-state index contributed by atoms with van der Waals surface area (Å²) in [6.07, 6.45) is 2.05. The first-order valence-corrected chi connectivity index (χ1v) is 8.61. The standard InChI is InChI=1S/C16H27N3O.C2H6/c1-13(2)16-10-14(3)15(11-17-16)12-19-6-4-18(5-7-19)8-9-20;1-2/h10-11,13,20H,4-9,12H2,1-3H3;1-2H3. The molecular weight excluding hydrogens is 274 g/mol. The van der Waals surface area contributed by atoms with E-state index in [1.807, 2.05) is 20.0 Å².